The lowest BCUT2D eigenvalue weighted by molar-refractivity contribution is 0.0690. The van der Waals surface area contributed by atoms with Gasteiger partial charge in [0.05, 0.1) is 5.69 Å². The molecule has 17 heavy (non-hydrogen) atoms. The number of carbonyl (C=O) groups is 2. The number of rotatable bonds is 6. The Hall–Kier alpha value is -2.15. The van der Waals surface area contributed by atoms with Crippen molar-refractivity contribution < 1.29 is 19.4 Å². The van der Waals surface area contributed by atoms with Crippen molar-refractivity contribution in [2.45, 2.75) is 6.54 Å². The average Bonchev–Trinajstić information content (AvgIpc) is 2.28. The van der Waals surface area contributed by atoms with E-state index in [1.165, 1.54) is 6.07 Å². The molecule has 1 amide bonds. The quantitative estimate of drug-likeness (QED) is 0.600. The van der Waals surface area contributed by atoms with Crippen LogP contribution < -0.4 is 11.1 Å². The summed E-state index contributed by atoms with van der Waals surface area (Å²) in [6.45, 7) is 0.971. The monoisotopic (exact) mass is 239 g/mol. The van der Waals surface area contributed by atoms with E-state index in [1.807, 2.05) is 0 Å². The van der Waals surface area contributed by atoms with Crippen molar-refractivity contribution in [1.29, 1.82) is 0 Å². The molecule has 0 atom stereocenters. The predicted molar refractivity (Wildman–Crippen MR) is 58.4 cm³/mol. The molecule has 0 saturated heterocycles. The van der Waals surface area contributed by atoms with Gasteiger partial charge < -0.3 is 20.9 Å². The molecule has 7 heteroatoms. The Morgan fingerprint density at radius 2 is 2.24 bits per heavy atom. The number of carbonyl (C=O) groups excluding carboxylic acids is 1. The Kier molecular flexibility index (Phi) is 4.89. The fraction of sp³-hybridized carbons (Fsp3) is 0.300. The zero-order valence-corrected chi connectivity index (χ0v) is 9.05. The number of amides is 1. The summed E-state index contributed by atoms with van der Waals surface area (Å²) in [6, 6.07) is 4.74. The molecule has 7 nitrogen and oxygen atoms in total. The lowest BCUT2D eigenvalue weighted by Gasteiger charge is -2.04. The first kappa shape index (κ1) is 12.9. The van der Waals surface area contributed by atoms with Gasteiger partial charge in [0.2, 0.25) is 0 Å². The van der Waals surface area contributed by atoms with E-state index in [0.717, 1.165) is 0 Å². The van der Waals surface area contributed by atoms with E-state index in [1.54, 1.807) is 12.1 Å². The van der Waals surface area contributed by atoms with Crippen molar-refractivity contribution in [3.05, 3.63) is 29.6 Å². The van der Waals surface area contributed by atoms with Crippen molar-refractivity contribution in [2.24, 2.45) is 5.73 Å². The molecule has 1 aromatic heterocycles. The van der Waals surface area contributed by atoms with Gasteiger partial charge in [0.15, 0.2) is 0 Å². The second-order valence-corrected chi connectivity index (χ2v) is 3.16. The van der Waals surface area contributed by atoms with Crippen molar-refractivity contribution in [3.8, 4) is 0 Å². The number of nitrogens with zero attached hydrogens (tertiary/aromatic N) is 1. The Morgan fingerprint density at radius 3 is 2.88 bits per heavy atom. The number of primary amides is 1. The van der Waals surface area contributed by atoms with Crippen LogP contribution >= 0.6 is 0 Å². The Bertz CT molecular complexity index is 408. The van der Waals surface area contributed by atoms with Crippen molar-refractivity contribution in [1.82, 2.24) is 10.3 Å². The summed E-state index contributed by atoms with van der Waals surface area (Å²) in [6.07, 6.45) is -0.821. The van der Waals surface area contributed by atoms with Gasteiger partial charge >= 0.3 is 12.1 Å². The van der Waals surface area contributed by atoms with E-state index in [0.29, 0.717) is 18.8 Å². The van der Waals surface area contributed by atoms with E-state index in [4.69, 9.17) is 10.8 Å². The summed E-state index contributed by atoms with van der Waals surface area (Å²) < 4.78 is 4.50. The summed E-state index contributed by atoms with van der Waals surface area (Å²) in [5.74, 6) is -1.07. The minimum absolute atomic E-state index is 0.00214. The molecule has 1 rings (SSSR count). The molecule has 0 aliphatic rings. The summed E-state index contributed by atoms with van der Waals surface area (Å²) in [5.41, 5.74) is 5.37. The lowest BCUT2D eigenvalue weighted by Crippen LogP contribution is -2.23. The number of aromatic nitrogens is 1. The maximum atomic E-state index is 10.7. The fourth-order valence-electron chi connectivity index (χ4n) is 1.14. The minimum atomic E-state index is -1.07. The number of nitrogens with two attached hydrogens (primary N) is 1. The first-order valence-corrected chi connectivity index (χ1v) is 4.92. The van der Waals surface area contributed by atoms with Gasteiger partial charge in [-0.2, -0.15) is 0 Å². The molecular weight excluding hydrogens is 226 g/mol. The van der Waals surface area contributed by atoms with Gasteiger partial charge in [-0.05, 0) is 12.1 Å². The second-order valence-electron chi connectivity index (χ2n) is 3.16. The van der Waals surface area contributed by atoms with Crippen LogP contribution in [0.15, 0.2) is 18.2 Å². The van der Waals surface area contributed by atoms with Gasteiger partial charge in [-0.3, -0.25) is 0 Å². The molecule has 0 unspecified atom stereocenters. The van der Waals surface area contributed by atoms with Gasteiger partial charge in [-0.1, -0.05) is 6.07 Å². The Balaban J connectivity index is 2.34. The third-order valence-electron chi connectivity index (χ3n) is 1.86. The van der Waals surface area contributed by atoms with Crippen LogP contribution in [0.25, 0.3) is 0 Å². The number of hydrogen-bond acceptors (Lipinski definition) is 5. The molecule has 0 aliphatic heterocycles. The maximum absolute atomic E-state index is 10.7. The SMILES string of the molecule is NC(=O)OCCNCc1cccc(C(=O)O)n1. The molecule has 0 bridgehead atoms. The fourth-order valence-corrected chi connectivity index (χ4v) is 1.14. The van der Waals surface area contributed by atoms with E-state index in [9.17, 15) is 9.59 Å². The smallest absolute Gasteiger partial charge is 0.404 e. The molecular formula is C10H13N3O4. The molecule has 0 spiro atoms. The molecule has 0 fully saturated rings. The molecule has 92 valence electrons. The topological polar surface area (TPSA) is 115 Å². The molecule has 0 saturated carbocycles. The third-order valence-corrected chi connectivity index (χ3v) is 1.86. The number of pyridine rings is 1. The second kappa shape index (κ2) is 6.44. The molecule has 4 N–H and O–H groups in total. The van der Waals surface area contributed by atoms with Gasteiger partial charge in [0, 0.05) is 13.1 Å². The van der Waals surface area contributed by atoms with Crippen LogP contribution in [0.1, 0.15) is 16.2 Å². The average molecular weight is 239 g/mol. The van der Waals surface area contributed by atoms with E-state index >= 15 is 0 Å². The van der Waals surface area contributed by atoms with E-state index < -0.39 is 12.1 Å². The first-order valence-electron chi connectivity index (χ1n) is 4.92. The molecule has 0 aliphatic carbocycles. The number of carboxylic acids is 1. The molecule has 0 radical (unpaired) electrons. The highest BCUT2D eigenvalue weighted by Gasteiger charge is 2.04. The number of nitrogens with one attached hydrogen (secondary N) is 1. The van der Waals surface area contributed by atoms with Gasteiger partial charge in [-0.15, -0.1) is 0 Å². The molecule has 1 aromatic rings. The largest absolute Gasteiger partial charge is 0.477 e. The first-order chi connectivity index (χ1) is 8.09. The number of hydrogen-bond donors (Lipinski definition) is 3. The zero-order chi connectivity index (χ0) is 12.7. The van der Waals surface area contributed by atoms with Gasteiger partial charge in [0.25, 0.3) is 0 Å². The normalized spacial score (nSPS) is 9.88. The standard InChI is InChI=1S/C10H13N3O4/c11-10(16)17-5-4-12-6-7-2-1-3-8(13-7)9(14)15/h1-3,12H,4-6H2,(H2,11,16)(H,14,15). The van der Waals surface area contributed by atoms with Crippen LogP contribution in [-0.4, -0.2) is 35.3 Å². The number of aromatic carboxylic acids is 1. The molecule has 1 heterocycles. The third kappa shape index (κ3) is 4.94. The maximum Gasteiger partial charge on any atom is 0.404 e. The summed E-state index contributed by atoms with van der Waals surface area (Å²) >= 11 is 0. The number of ether oxygens (including phenoxy) is 1. The Labute approximate surface area is 97.6 Å². The van der Waals surface area contributed by atoms with E-state index in [2.05, 4.69) is 15.0 Å². The van der Waals surface area contributed by atoms with Crippen LogP contribution in [0.3, 0.4) is 0 Å². The summed E-state index contributed by atoms with van der Waals surface area (Å²) in [7, 11) is 0. The predicted octanol–water partition coefficient (Wildman–Crippen LogP) is -0.0353. The van der Waals surface area contributed by atoms with Crippen molar-refractivity contribution in [2.75, 3.05) is 13.2 Å². The zero-order valence-electron chi connectivity index (χ0n) is 9.05. The van der Waals surface area contributed by atoms with Gasteiger partial charge in [-0.25, -0.2) is 14.6 Å². The van der Waals surface area contributed by atoms with E-state index in [-0.39, 0.29) is 12.3 Å². The van der Waals surface area contributed by atoms with Crippen LogP contribution in [0.2, 0.25) is 0 Å². The summed E-state index contributed by atoms with van der Waals surface area (Å²) in [5, 5.41) is 11.7. The highest BCUT2D eigenvalue weighted by atomic mass is 16.5. The minimum Gasteiger partial charge on any atom is -0.477 e. The summed E-state index contributed by atoms with van der Waals surface area (Å²) in [4.78, 5) is 24.8. The number of carboxylic acid groups (broad SMARTS) is 1. The Morgan fingerprint density at radius 1 is 1.47 bits per heavy atom. The van der Waals surface area contributed by atoms with Crippen molar-refractivity contribution >= 4 is 12.1 Å². The van der Waals surface area contributed by atoms with Crippen LogP contribution in [-0.2, 0) is 11.3 Å². The highest BCUT2D eigenvalue weighted by Crippen LogP contribution is 1.99. The molecule has 0 aromatic carbocycles. The highest BCUT2D eigenvalue weighted by molar-refractivity contribution is 5.85. The van der Waals surface area contributed by atoms with Gasteiger partial charge in [0.1, 0.15) is 12.3 Å². The van der Waals surface area contributed by atoms with Crippen LogP contribution in [0.4, 0.5) is 4.79 Å². The lowest BCUT2D eigenvalue weighted by atomic mass is 10.3. The van der Waals surface area contributed by atoms with Crippen LogP contribution in [0, 0.1) is 0 Å². The van der Waals surface area contributed by atoms with Crippen molar-refractivity contribution in [3.63, 3.8) is 0 Å². The van der Waals surface area contributed by atoms with Crippen LogP contribution in [0.5, 0.6) is 0 Å².